The van der Waals surface area contributed by atoms with Gasteiger partial charge in [-0.25, -0.2) is 9.78 Å². The van der Waals surface area contributed by atoms with E-state index >= 15 is 0 Å². The quantitative estimate of drug-likeness (QED) is 0.604. The van der Waals surface area contributed by atoms with Gasteiger partial charge >= 0.3 is 6.09 Å². The normalized spacial score (nSPS) is 22.6. The number of morpholine rings is 1. The van der Waals surface area contributed by atoms with Crippen LogP contribution in [-0.4, -0.2) is 84.5 Å². The number of nitrogens with one attached hydrogen (secondary N) is 1. The van der Waals surface area contributed by atoms with E-state index in [9.17, 15) is 4.79 Å². The van der Waals surface area contributed by atoms with Crippen molar-refractivity contribution in [3.63, 3.8) is 0 Å². The number of hydrogen-bond donors (Lipinski definition) is 1. The van der Waals surface area contributed by atoms with Crippen molar-refractivity contribution in [2.75, 3.05) is 56.2 Å². The van der Waals surface area contributed by atoms with Crippen molar-refractivity contribution in [3.05, 3.63) is 41.6 Å². The smallest absolute Gasteiger partial charge is 0.410 e. The second-order valence-electron chi connectivity index (χ2n) is 12.3. The van der Waals surface area contributed by atoms with Gasteiger partial charge in [-0.1, -0.05) is 6.07 Å². The number of carbonyl (C=O) groups excluding carboxylic acids is 1. The maximum atomic E-state index is 12.3. The van der Waals surface area contributed by atoms with Gasteiger partial charge in [-0.15, -0.1) is 0 Å². The van der Waals surface area contributed by atoms with E-state index in [-0.39, 0.29) is 6.09 Å². The Morgan fingerprint density at radius 3 is 2.67 bits per heavy atom. The Balaban J connectivity index is 1.09. The van der Waals surface area contributed by atoms with Crippen molar-refractivity contribution in [3.8, 4) is 5.75 Å². The monoisotopic (exact) mass is 535 g/mol. The first kappa shape index (κ1) is 26.2. The summed E-state index contributed by atoms with van der Waals surface area (Å²) in [5.41, 5.74) is 4.15. The highest BCUT2D eigenvalue weighted by Gasteiger charge is 2.38. The van der Waals surface area contributed by atoms with Crippen LogP contribution < -0.4 is 15.0 Å². The van der Waals surface area contributed by atoms with Crippen LogP contribution in [0.1, 0.15) is 57.6 Å². The van der Waals surface area contributed by atoms with Crippen molar-refractivity contribution < 1.29 is 19.0 Å². The van der Waals surface area contributed by atoms with Crippen LogP contribution >= 0.6 is 0 Å². The summed E-state index contributed by atoms with van der Waals surface area (Å²) in [6, 6.07) is 9.43. The Morgan fingerprint density at radius 2 is 1.92 bits per heavy atom. The standard InChI is InChI=1S/C30H41N5O4/c1-20-18-37-14-13-35(20)26-7-10-31-28-24(26)19-38-27-6-5-22(15-25(27)32-28)21-8-11-33(12-9-21)23-16-34(17-23)29(36)39-30(2,3)4/h5-7,10,15,20-21,23H,8-9,11-14,16-19H2,1-4H3,(H,31,32)/t20-/m0/s1. The number of hydrogen-bond acceptors (Lipinski definition) is 8. The molecule has 1 atom stereocenters. The third-order valence-electron chi connectivity index (χ3n) is 8.37. The molecule has 39 heavy (non-hydrogen) atoms. The number of amides is 1. The van der Waals surface area contributed by atoms with Crippen molar-refractivity contribution >= 4 is 23.3 Å². The number of fused-ring (bicyclic) bond motifs is 2. The maximum Gasteiger partial charge on any atom is 0.410 e. The number of aromatic nitrogens is 1. The van der Waals surface area contributed by atoms with Crippen LogP contribution in [-0.2, 0) is 16.1 Å². The maximum absolute atomic E-state index is 12.3. The molecule has 0 saturated carbocycles. The Morgan fingerprint density at radius 1 is 1.13 bits per heavy atom. The van der Waals surface area contributed by atoms with Gasteiger partial charge in [0, 0.05) is 43.6 Å². The molecular weight excluding hydrogens is 494 g/mol. The zero-order valence-corrected chi connectivity index (χ0v) is 23.6. The predicted molar refractivity (Wildman–Crippen MR) is 151 cm³/mol. The minimum Gasteiger partial charge on any atom is -0.487 e. The predicted octanol–water partition coefficient (Wildman–Crippen LogP) is 4.74. The first-order valence-corrected chi connectivity index (χ1v) is 14.3. The van der Waals surface area contributed by atoms with Crippen LogP contribution in [0.15, 0.2) is 30.5 Å². The van der Waals surface area contributed by atoms with Crippen molar-refractivity contribution in [1.29, 1.82) is 0 Å². The summed E-state index contributed by atoms with van der Waals surface area (Å²) in [5, 5.41) is 3.60. The lowest BCUT2D eigenvalue weighted by molar-refractivity contribution is -0.0196. The lowest BCUT2D eigenvalue weighted by Gasteiger charge is -2.47. The lowest BCUT2D eigenvalue weighted by Crippen LogP contribution is -2.62. The van der Waals surface area contributed by atoms with Gasteiger partial charge in [-0.3, -0.25) is 4.90 Å². The fraction of sp³-hybridized carbons (Fsp3) is 0.600. The number of pyridine rings is 1. The van der Waals surface area contributed by atoms with E-state index in [1.807, 2.05) is 31.9 Å². The van der Waals surface area contributed by atoms with Crippen LogP contribution in [0.25, 0.3) is 0 Å². The zero-order chi connectivity index (χ0) is 27.1. The van der Waals surface area contributed by atoms with Gasteiger partial charge in [-0.2, -0.15) is 0 Å². The summed E-state index contributed by atoms with van der Waals surface area (Å²) in [7, 11) is 0. The number of likely N-dealkylation sites (tertiary alicyclic amines) is 2. The fourth-order valence-electron chi connectivity index (χ4n) is 6.15. The second kappa shape index (κ2) is 10.5. The first-order valence-electron chi connectivity index (χ1n) is 14.3. The van der Waals surface area contributed by atoms with E-state index < -0.39 is 5.60 Å². The van der Waals surface area contributed by atoms with Crippen LogP contribution in [0.3, 0.4) is 0 Å². The van der Waals surface area contributed by atoms with E-state index in [0.717, 1.165) is 81.6 Å². The van der Waals surface area contributed by atoms with Crippen molar-refractivity contribution in [2.45, 2.75) is 70.7 Å². The van der Waals surface area contributed by atoms with Gasteiger partial charge in [-0.05, 0) is 83.3 Å². The molecular formula is C30H41N5O4. The minimum atomic E-state index is -0.448. The molecule has 0 spiro atoms. The van der Waals surface area contributed by atoms with Gasteiger partial charge in [0.25, 0.3) is 0 Å². The van der Waals surface area contributed by atoms with E-state index in [1.165, 1.54) is 11.3 Å². The molecule has 6 rings (SSSR count). The SMILES string of the molecule is C[C@H]1COCCN1c1ccnc2c1COc1ccc(C3CCN(C4CN(C(=O)OC(C)(C)C)C4)CC3)cc1N2. The fourth-order valence-corrected chi connectivity index (χ4v) is 6.15. The summed E-state index contributed by atoms with van der Waals surface area (Å²) >= 11 is 0. The summed E-state index contributed by atoms with van der Waals surface area (Å²) in [6.45, 7) is 14.4. The molecule has 1 aromatic heterocycles. The van der Waals surface area contributed by atoms with Crippen molar-refractivity contribution in [1.82, 2.24) is 14.8 Å². The molecule has 3 fully saturated rings. The molecule has 4 aliphatic rings. The molecule has 3 saturated heterocycles. The summed E-state index contributed by atoms with van der Waals surface area (Å²) < 4.78 is 17.5. The number of rotatable bonds is 3. The molecule has 4 aliphatic heterocycles. The van der Waals surface area contributed by atoms with Crippen LogP contribution in [0.2, 0.25) is 0 Å². The minimum absolute atomic E-state index is 0.198. The van der Waals surface area contributed by atoms with E-state index in [0.29, 0.717) is 24.6 Å². The summed E-state index contributed by atoms with van der Waals surface area (Å²) in [4.78, 5) is 23.7. The lowest BCUT2D eigenvalue weighted by atomic mass is 9.88. The molecule has 0 radical (unpaired) electrons. The zero-order valence-electron chi connectivity index (χ0n) is 23.6. The molecule has 9 nitrogen and oxygen atoms in total. The Hall–Kier alpha value is -3.04. The van der Waals surface area contributed by atoms with Gasteiger partial charge < -0.3 is 29.3 Å². The molecule has 210 valence electrons. The Bertz CT molecular complexity index is 1200. The number of anilines is 3. The number of piperidine rings is 1. The number of carbonyl (C=O) groups is 1. The van der Waals surface area contributed by atoms with Crippen LogP contribution in [0.4, 0.5) is 22.0 Å². The second-order valence-corrected chi connectivity index (χ2v) is 12.3. The highest BCUT2D eigenvalue weighted by Crippen LogP contribution is 2.40. The number of ether oxygens (including phenoxy) is 3. The van der Waals surface area contributed by atoms with E-state index in [4.69, 9.17) is 19.2 Å². The Kier molecular flexibility index (Phi) is 7.05. The third-order valence-corrected chi connectivity index (χ3v) is 8.37. The first-order chi connectivity index (χ1) is 18.7. The van der Waals surface area contributed by atoms with Gasteiger partial charge in [0.15, 0.2) is 0 Å². The van der Waals surface area contributed by atoms with Crippen LogP contribution in [0.5, 0.6) is 5.75 Å². The molecule has 0 aliphatic carbocycles. The van der Waals surface area contributed by atoms with Gasteiger partial charge in [0.05, 0.1) is 24.5 Å². The van der Waals surface area contributed by atoms with Gasteiger partial charge in [0.1, 0.15) is 23.8 Å². The summed E-state index contributed by atoms with van der Waals surface area (Å²) in [5.74, 6) is 2.25. The molecule has 1 amide bonds. The number of benzene rings is 1. The molecule has 1 N–H and O–H groups in total. The topological polar surface area (TPSA) is 79.4 Å². The van der Waals surface area contributed by atoms with E-state index in [1.54, 1.807) is 0 Å². The molecule has 9 heteroatoms. The highest BCUT2D eigenvalue weighted by molar-refractivity contribution is 5.73. The molecule has 1 aromatic carbocycles. The van der Waals surface area contributed by atoms with Crippen LogP contribution in [0, 0.1) is 0 Å². The molecule has 2 aromatic rings. The average Bonchev–Trinajstić information content (AvgIpc) is 3.06. The molecule has 0 unspecified atom stereocenters. The van der Waals surface area contributed by atoms with E-state index in [2.05, 4.69) is 46.3 Å². The van der Waals surface area contributed by atoms with Crippen molar-refractivity contribution in [2.24, 2.45) is 0 Å². The summed E-state index contributed by atoms with van der Waals surface area (Å²) in [6.07, 6.45) is 3.90. The van der Waals surface area contributed by atoms with Gasteiger partial charge in [0.2, 0.25) is 0 Å². The highest BCUT2D eigenvalue weighted by atomic mass is 16.6. The average molecular weight is 536 g/mol. The largest absolute Gasteiger partial charge is 0.487 e. The Labute approximate surface area is 231 Å². The molecule has 5 heterocycles. The third kappa shape index (κ3) is 5.52. The number of nitrogens with zero attached hydrogens (tertiary/aromatic N) is 4. The molecule has 0 bridgehead atoms.